The quantitative estimate of drug-likeness (QED) is 0.217. The minimum absolute atomic E-state index is 0. The fourth-order valence-electron chi connectivity index (χ4n) is 3.07. The van der Waals surface area contributed by atoms with Crippen molar-refractivity contribution in [3.05, 3.63) is 15.6 Å². The predicted octanol–water partition coefficient (Wildman–Crippen LogP) is -1.71. The van der Waals surface area contributed by atoms with Crippen LogP contribution in [-0.4, -0.2) is 116 Å². The Hall–Kier alpha value is -2.90. The largest absolute Gasteiger partial charge is 3.00 e. The SMILES string of the molecule is CN([O-])c1nc(N(C)[O-])nc(N2CCOCC2)n1.CN([O-])c1nc(N(C)[OH2+])nc(N2CCOCC2)n1.[Fe+3]. The van der Waals surface area contributed by atoms with Crippen LogP contribution in [0.3, 0.4) is 0 Å². The van der Waals surface area contributed by atoms with Gasteiger partial charge in [-0.15, -0.1) is 5.06 Å². The first-order valence-electron chi connectivity index (χ1n) is 11.0. The van der Waals surface area contributed by atoms with Crippen LogP contribution in [0.4, 0.5) is 35.7 Å². The summed E-state index contributed by atoms with van der Waals surface area (Å²) in [6.07, 6.45) is 0. The van der Waals surface area contributed by atoms with Gasteiger partial charge in [0.25, 0.3) is 5.95 Å². The Balaban J connectivity index is 0.000000253. The van der Waals surface area contributed by atoms with Crippen LogP contribution in [0.1, 0.15) is 0 Å². The van der Waals surface area contributed by atoms with Gasteiger partial charge in [0.15, 0.2) is 0 Å². The summed E-state index contributed by atoms with van der Waals surface area (Å²) in [4.78, 5) is 27.8. The second-order valence-electron chi connectivity index (χ2n) is 7.72. The molecule has 2 fully saturated rings. The van der Waals surface area contributed by atoms with E-state index in [2.05, 4.69) is 29.9 Å². The van der Waals surface area contributed by atoms with Gasteiger partial charge in [-0.05, 0) is 21.1 Å². The molecule has 0 aromatic carbocycles. The summed E-state index contributed by atoms with van der Waals surface area (Å²) >= 11 is 0. The van der Waals surface area contributed by atoms with Crippen LogP contribution in [0.15, 0.2) is 0 Å². The van der Waals surface area contributed by atoms with Crippen LogP contribution in [0.2, 0.25) is 0 Å². The average Bonchev–Trinajstić information content (AvgIpc) is 2.89. The molecule has 205 valence electrons. The molecule has 2 aromatic rings. The molecule has 0 spiro atoms. The van der Waals surface area contributed by atoms with Crippen molar-refractivity contribution in [2.45, 2.75) is 0 Å². The first-order chi connectivity index (χ1) is 17.2. The molecule has 4 heterocycles. The number of hydroxylamine groups is 4. The summed E-state index contributed by atoms with van der Waals surface area (Å²) < 4.78 is 10.5. The molecular formula is C18H30FeN12O6+. The van der Waals surface area contributed by atoms with E-state index in [-0.39, 0.29) is 40.9 Å². The Kier molecular flexibility index (Phi) is 11.6. The van der Waals surface area contributed by atoms with Crippen molar-refractivity contribution in [3.63, 3.8) is 0 Å². The molecule has 0 aliphatic carbocycles. The van der Waals surface area contributed by atoms with Gasteiger partial charge in [0.05, 0.1) is 33.5 Å². The van der Waals surface area contributed by atoms with Crippen molar-refractivity contribution >= 4 is 35.7 Å². The monoisotopic (exact) mass is 566 g/mol. The average molecular weight is 566 g/mol. The molecule has 0 atom stereocenters. The standard InChI is InChI=1S/C9H15N6O3.C9H14N6O3.Fe/c2*1-13(16)7-10-8(14(2)17)12-9(11-7)15-3-5-18-6-4-15;/h16H,3-6H2,1-2H3;3-6H2,1-2H3;/q-1;-2;+3/p+1. The third-order valence-electron chi connectivity index (χ3n) is 4.93. The van der Waals surface area contributed by atoms with Gasteiger partial charge in [0, 0.05) is 26.2 Å². The van der Waals surface area contributed by atoms with Crippen LogP contribution in [0.5, 0.6) is 0 Å². The number of ether oxygens (including phenoxy) is 2. The van der Waals surface area contributed by atoms with Crippen molar-refractivity contribution in [2.24, 2.45) is 0 Å². The first kappa shape index (κ1) is 30.3. The van der Waals surface area contributed by atoms with E-state index >= 15 is 0 Å². The van der Waals surface area contributed by atoms with E-state index in [4.69, 9.17) is 14.7 Å². The maximum atomic E-state index is 11.3. The molecule has 0 amide bonds. The van der Waals surface area contributed by atoms with E-state index in [1.165, 1.54) is 28.2 Å². The van der Waals surface area contributed by atoms with E-state index in [1.54, 1.807) is 0 Å². The van der Waals surface area contributed by atoms with E-state index in [0.29, 0.717) is 79.7 Å². The number of hydrogen-bond acceptors (Lipinski definition) is 17. The summed E-state index contributed by atoms with van der Waals surface area (Å²) in [6.45, 7) is 4.89. The zero-order valence-corrected chi connectivity index (χ0v) is 22.0. The van der Waals surface area contributed by atoms with Crippen LogP contribution in [0.25, 0.3) is 0 Å². The Labute approximate surface area is 224 Å². The molecule has 2 aliphatic rings. The molecule has 2 aliphatic heterocycles. The minimum Gasteiger partial charge on any atom is -0.756 e. The topological polar surface area (TPSA) is 207 Å². The maximum absolute atomic E-state index is 11.3. The normalized spacial score (nSPS) is 15.2. The molecule has 0 bridgehead atoms. The molecule has 4 rings (SSSR count). The number of hydrogen-bond donors (Lipinski definition) is 0. The Bertz CT molecular complexity index is 846. The molecule has 18 nitrogen and oxygen atoms in total. The van der Waals surface area contributed by atoms with Crippen LogP contribution < -0.4 is 30.1 Å². The van der Waals surface area contributed by atoms with Gasteiger partial charge in [-0.2, -0.15) is 29.9 Å². The van der Waals surface area contributed by atoms with Crippen LogP contribution >= 0.6 is 0 Å². The molecule has 0 unspecified atom stereocenters. The van der Waals surface area contributed by atoms with Gasteiger partial charge < -0.3 is 55.3 Å². The van der Waals surface area contributed by atoms with Gasteiger partial charge >= 0.3 is 17.1 Å². The Morgan fingerprint density at radius 2 is 0.892 bits per heavy atom. The number of morpholine rings is 2. The van der Waals surface area contributed by atoms with Gasteiger partial charge in [-0.25, -0.2) is 0 Å². The fourth-order valence-corrected chi connectivity index (χ4v) is 3.07. The van der Waals surface area contributed by atoms with Gasteiger partial charge in [-0.3, -0.25) is 0 Å². The van der Waals surface area contributed by atoms with Gasteiger partial charge in [0.1, 0.15) is 0 Å². The van der Waals surface area contributed by atoms with Crippen molar-refractivity contribution in [1.29, 1.82) is 0 Å². The smallest absolute Gasteiger partial charge is 0.756 e. The summed E-state index contributed by atoms with van der Waals surface area (Å²) in [5, 5.41) is 43.8. The van der Waals surface area contributed by atoms with Crippen molar-refractivity contribution < 1.29 is 31.7 Å². The van der Waals surface area contributed by atoms with Crippen molar-refractivity contribution in [3.8, 4) is 0 Å². The summed E-state index contributed by atoms with van der Waals surface area (Å²) in [7, 11) is 5.35. The second-order valence-corrected chi connectivity index (χ2v) is 7.72. The fraction of sp³-hybridized carbons (Fsp3) is 0.667. The van der Waals surface area contributed by atoms with E-state index < -0.39 is 0 Å². The van der Waals surface area contributed by atoms with Crippen LogP contribution in [0, 0.1) is 15.6 Å². The van der Waals surface area contributed by atoms with E-state index in [0.717, 1.165) is 5.06 Å². The first-order valence-corrected chi connectivity index (χ1v) is 11.0. The van der Waals surface area contributed by atoms with Crippen LogP contribution in [-0.2, 0) is 26.5 Å². The zero-order valence-electron chi connectivity index (χ0n) is 20.9. The summed E-state index contributed by atoms with van der Waals surface area (Å²) in [5.74, 6) is 0.710. The molecule has 19 heteroatoms. The third kappa shape index (κ3) is 8.58. The van der Waals surface area contributed by atoms with Crippen molar-refractivity contribution in [2.75, 3.05) is 111 Å². The molecule has 1 radical (unpaired) electrons. The maximum Gasteiger partial charge on any atom is 3.00 e. The Morgan fingerprint density at radius 3 is 1.19 bits per heavy atom. The molecule has 2 aromatic heterocycles. The Morgan fingerprint density at radius 1 is 0.595 bits per heavy atom. The molecule has 2 N–H and O–H groups in total. The molecule has 2 saturated heterocycles. The molecule has 0 saturated carbocycles. The van der Waals surface area contributed by atoms with Gasteiger partial charge in [-0.1, -0.05) is 0 Å². The number of aromatic nitrogens is 6. The van der Waals surface area contributed by atoms with Crippen molar-refractivity contribution in [1.82, 2.24) is 29.9 Å². The summed E-state index contributed by atoms with van der Waals surface area (Å²) in [6, 6.07) is 0. The zero-order chi connectivity index (χ0) is 26.2. The number of anilines is 6. The molecule has 37 heavy (non-hydrogen) atoms. The summed E-state index contributed by atoms with van der Waals surface area (Å²) in [5.41, 5.74) is 0. The number of nitrogens with zero attached hydrogens (tertiary/aromatic N) is 12. The third-order valence-corrected chi connectivity index (χ3v) is 4.93. The van der Waals surface area contributed by atoms with Gasteiger partial charge in [0.2, 0.25) is 29.7 Å². The second kappa shape index (κ2) is 14.1. The predicted molar refractivity (Wildman–Crippen MR) is 133 cm³/mol. The van der Waals surface area contributed by atoms with E-state index in [9.17, 15) is 15.6 Å². The number of rotatable bonds is 6. The minimum atomic E-state index is -0.0795. The van der Waals surface area contributed by atoms with E-state index in [1.807, 2.05) is 9.80 Å². The molecular weight excluding hydrogens is 536 g/mol.